The van der Waals surface area contributed by atoms with Crippen LogP contribution in [0.3, 0.4) is 0 Å². The molecule has 4 heteroatoms. The van der Waals surface area contributed by atoms with Crippen molar-refractivity contribution in [3.05, 3.63) is 17.5 Å². The van der Waals surface area contributed by atoms with Crippen molar-refractivity contribution < 1.29 is 4.52 Å². The summed E-state index contributed by atoms with van der Waals surface area (Å²) in [7, 11) is 0. The molecule has 1 aliphatic carbocycles. The Bertz CT molecular complexity index is 333. The zero-order valence-corrected chi connectivity index (χ0v) is 10.9. The maximum Gasteiger partial charge on any atom is 0.151 e. The van der Waals surface area contributed by atoms with E-state index in [1.807, 2.05) is 0 Å². The molecule has 0 saturated heterocycles. The first-order chi connectivity index (χ1) is 8.31. The smallest absolute Gasteiger partial charge is 0.151 e. The molecule has 96 valence electrons. The second kappa shape index (κ2) is 6.17. The molecule has 1 saturated carbocycles. The second-order valence-corrected chi connectivity index (χ2v) is 4.84. The van der Waals surface area contributed by atoms with Crippen molar-refractivity contribution in [1.29, 1.82) is 0 Å². The minimum Gasteiger partial charge on any atom is -0.360 e. The molecule has 1 aromatic heterocycles. The van der Waals surface area contributed by atoms with Crippen molar-refractivity contribution in [3.63, 3.8) is 0 Å². The van der Waals surface area contributed by atoms with E-state index in [4.69, 9.17) is 4.52 Å². The fourth-order valence-corrected chi connectivity index (χ4v) is 1.96. The summed E-state index contributed by atoms with van der Waals surface area (Å²) in [6, 6.07) is 2.07. The Morgan fingerprint density at radius 2 is 2.29 bits per heavy atom. The lowest BCUT2D eigenvalue weighted by Gasteiger charge is -2.17. The third-order valence-corrected chi connectivity index (χ3v) is 3.20. The topological polar surface area (TPSA) is 41.3 Å². The highest BCUT2D eigenvalue weighted by molar-refractivity contribution is 5.05. The van der Waals surface area contributed by atoms with E-state index in [0.29, 0.717) is 0 Å². The number of aromatic nitrogens is 1. The average molecular weight is 237 g/mol. The molecule has 0 spiro atoms. The molecule has 1 N–H and O–H groups in total. The molecule has 4 nitrogen and oxygen atoms in total. The summed E-state index contributed by atoms with van der Waals surface area (Å²) in [6.45, 7) is 9.25. The molecule has 1 heterocycles. The van der Waals surface area contributed by atoms with Crippen molar-refractivity contribution >= 4 is 0 Å². The summed E-state index contributed by atoms with van der Waals surface area (Å²) < 4.78 is 5.36. The number of hydrogen-bond acceptors (Lipinski definition) is 4. The highest BCUT2D eigenvalue weighted by Gasteiger charge is 2.24. The predicted octanol–water partition coefficient (Wildman–Crippen LogP) is 2.02. The van der Waals surface area contributed by atoms with Gasteiger partial charge in [-0.25, -0.2) is 0 Å². The second-order valence-electron chi connectivity index (χ2n) is 4.84. The molecule has 0 amide bonds. The van der Waals surface area contributed by atoms with E-state index in [-0.39, 0.29) is 0 Å². The van der Waals surface area contributed by atoms with E-state index in [0.717, 1.165) is 43.6 Å². The van der Waals surface area contributed by atoms with Crippen LogP contribution in [-0.4, -0.2) is 29.7 Å². The Hall–Kier alpha value is -0.870. The van der Waals surface area contributed by atoms with Gasteiger partial charge in [-0.15, -0.1) is 0 Å². The van der Waals surface area contributed by atoms with Crippen LogP contribution in [0.2, 0.25) is 0 Å². The van der Waals surface area contributed by atoms with Gasteiger partial charge in [-0.2, -0.15) is 0 Å². The van der Waals surface area contributed by atoms with E-state index in [2.05, 4.69) is 35.3 Å². The van der Waals surface area contributed by atoms with Crippen LogP contribution in [0.4, 0.5) is 0 Å². The molecular formula is C13H23N3O. The molecule has 1 aliphatic rings. The summed E-state index contributed by atoms with van der Waals surface area (Å²) in [5.41, 5.74) is 1.00. The fraction of sp³-hybridized carbons (Fsp3) is 0.769. The first-order valence-corrected chi connectivity index (χ1v) is 6.69. The van der Waals surface area contributed by atoms with E-state index in [1.165, 1.54) is 19.4 Å². The van der Waals surface area contributed by atoms with Crippen molar-refractivity contribution in [2.45, 2.75) is 39.8 Å². The van der Waals surface area contributed by atoms with Crippen LogP contribution in [0.15, 0.2) is 10.6 Å². The highest BCUT2D eigenvalue weighted by atomic mass is 16.5. The quantitative estimate of drug-likeness (QED) is 0.751. The molecule has 1 aromatic rings. The first-order valence-electron chi connectivity index (χ1n) is 6.69. The number of hydrogen-bond donors (Lipinski definition) is 1. The summed E-state index contributed by atoms with van der Waals surface area (Å²) in [4.78, 5) is 2.44. The maximum absolute atomic E-state index is 5.36. The summed E-state index contributed by atoms with van der Waals surface area (Å²) >= 11 is 0. The zero-order valence-electron chi connectivity index (χ0n) is 10.9. The van der Waals surface area contributed by atoms with Gasteiger partial charge in [0, 0.05) is 19.2 Å². The lowest BCUT2D eigenvalue weighted by molar-refractivity contribution is 0.232. The van der Waals surface area contributed by atoms with Gasteiger partial charge < -0.3 is 9.84 Å². The molecule has 0 aromatic carbocycles. The van der Waals surface area contributed by atoms with Crippen LogP contribution in [0.5, 0.6) is 0 Å². The standard InChI is InChI=1S/C13H23N3O/c1-3-14-8-12-7-13(17-15-12)10-16(4-2)9-11-5-6-11/h7,11,14H,3-6,8-10H2,1-2H3. The van der Waals surface area contributed by atoms with Crippen molar-refractivity contribution in [3.8, 4) is 0 Å². The van der Waals surface area contributed by atoms with Crippen LogP contribution in [0, 0.1) is 5.92 Å². The zero-order chi connectivity index (χ0) is 12.1. The SMILES string of the molecule is CCNCc1cc(CN(CC)CC2CC2)on1. The van der Waals surface area contributed by atoms with Crippen molar-refractivity contribution in [2.24, 2.45) is 5.92 Å². The normalized spacial score (nSPS) is 15.7. The Kier molecular flexibility index (Phi) is 4.57. The van der Waals surface area contributed by atoms with E-state index < -0.39 is 0 Å². The van der Waals surface area contributed by atoms with Crippen LogP contribution < -0.4 is 5.32 Å². The van der Waals surface area contributed by atoms with Crippen LogP contribution >= 0.6 is 0 Å². The number of nitrogens with zero attached hydrogens (tertiary/aromatic N) is 2. The minimum atomic E-state index is 0.800. The largest absolute Gasteiger partial charge is 0.360 e. The third kappa shape index (κ3) is 4.13. The van der Waals surface area contributed by atoms with Gasteiger partial charge >= 0.3 is 0 Å². The van der Waals surface area contributed by atoms with Gasteiger partial charge in [0.1, 0.15) is 0 Å². The highest BCUT2D eigenvalue weighted by Crippen LogP contribution is 2.30. The van der Waals surface area contributed by atoms with Gasteiger partial charge in [0.15, 0.2) is 5.76 Å². The number of rotatable bonds is 8. The van der Waals surface area contributed by atoms with E-state index in [9.17, 15) is 0 Å². The molecule has 0 radical (unpaired) electrons. The molecule has 0 unspecified atom stereocenters. The predicted molar refractivity (Wildman–Crippen MR) is 67.6 cm³/mol. The minimum absolute atomic E-state index is 0.800. The Morgan fingerprint density at radius 1 is 1.47 bits per heavy atom. The van der Waals surface area contributed by atoms with Crippen LogP contribution in [-0.2, 0) is 13.1 Å². The molecule has 0 aliphatic heterocycles. The van der Waals surface area contributed by atoms with Gasteiger partial charge in [0.25, 0.3) is 0 Å². The van der Waals surface area contributed by atoms with E-state index in [1.54, 1.807) is 0 Å². The third-order valence-electron chi connectivity index (χ3n) is 3.20. The molecule has 1 fully saturated rings. The maximum atomic E-state index is 5.36. The lowest BCUT2D eigenvalue weighted by Crippen LogP contribution is -2.24. The average Bonchev–Trinajstić information content (AvgIpc) is 3.04. The lowest BCUT2D eigenvalue weighted by atomic mass is 10.3. The van der Waals surface area contributed by atoms with Crippen LogP contribution in [0.25, 0.3) is 0 Å². The van der Waals surface area contributed by atoms with Crippen molar-refractivity contribution in [1.82, 2.24) is 15.4 Å². The summed E-state index contributed by atoms with van der Waals surface area (Å²) in [5, 5.41) is 7.32. The van der Waals surface area contributed by atoms with Gasteiger partial charge in [-0.3, -0.25) is 4.90 Å². The van der Waals surface area contributed by atoms with Gasteiger partial charge in [0.2, 0.25) is 0 Å². The summed E-state index contributed by atoms with van der Waals surface area (Å²) in [5.74, 6) is 1.92. The molecule has 17 heavy (non-hydrogen) atoms. The monoisotopic (exact) mass is 237 g/mol. The van der Waals surface area contributed by atoms with Crippen molar-refractivity contribution in [2.75, 3.05) is 19.6 Å². The summed E-state index contributed by atoms with van der Waals surface area (Å²) in [6.07, 6.45) is 2.80. The van der Waals surface area contributed by atoms with Crippen LogP contribution in [0.1, 0.15) is 38.1 Å². The van der Waals surface area contributed by atoms with Gasteiger partial charge in [-0.05, 0) is 31.8 Å². The first kappa shape index (κ1) is 12.6. The number of nitrogens with one attached hydrogen (secondary N) is 1. The Labute approximate surface area is 103 Å². The molecule has 0 atom stereocenters. The van der Waals surface area contributed by atoms with E-state index >= 15 is 0 Å². The fourth-order valence-electron chi connectivity index (χ4n) is 1.96. The van der Waals surface area contributed by atoms with Gasteiger partial charge in [0.05, 0.1) is 12.2 Å². The molecule has 0 bridgehead atoms. The molecule has 2 rings (SSSR count). The Morgan fingerprint density at radius 3 is 2.94 bits per heavy atom. The molecular weight excluding hydrogens is 214 g/mol. The van der Waals surface area contributed by atoms with Gasteiger partial charge in [-0.1, -0.05) is 19.0 Å². The Balaban J connectivity index is 1.81.